The maximum absolute atomic E-state index is 9.09. The van der Waals surface area contributed by atoms with Gasteiger partial charge in [-0.05, 0) is 26.0 Å². The van der Waals surface area contributed by atoms with Crippen molar-refractivity contribution in [3.05, 3.63) is 0 Å². The van der Waals surface area contributed by atoms with Gasteiger partial charge >= 0.3 is 0 Å². The monoisotopic (exact) mass is 205 g/mol. The van der Waals surface area contributed by atoms with E-state index in [1.807, 2.05) is 6.26 Å². The summed E-state index contributed by atoms with van der Waals surface area (Å²) in [5.74, 6) is 0. The fraction of sp³-hybridized carbons (Fsp3) is 1.00. The predicted octanol–water partition coefficient (Wildman–Crippen LogP) is 1.88. The van der Waals surface area contributed by atoms with Crippen molar-refractivity contribution in [2.75, 3.05) is 12.9 Å². The zero-order valence-electron chi connectivity index (χ0n) is 9.21. The van der Waals surface area contributed by atoms with Gasteiger partial charge in [0.25, 0.3) is 0 Å². The minimum atomic E-state index is 0.259. The summed E-state index contributed by atoms with van der Waals surface area (Å²) < 4.78 is 0. The molecule has 0 aliphatic carbocycles. The highest BCUT2D eigenvalue weighted by Gasteiger charge is 2.16. The van der Waals surface area contributed by atoms with E-state index in [0.717, 1.165) is 12.8 Å². The van der Waals surface area contributed by atoms with Gasteiger partial charge in [-0.15, -0.1) is 0 Å². The van der Waals surface area contributed by atoms with Crippen molar-refractivity contribution in [1.82, 2.24) is 5.32 Å². The zero-order chi connectivity index (χ0) is 10.3. The second-order valence-corrected chi connectivity index (χ2v) is 4.50. The summed E-state index contributed by atoms with van der Waals surface area (Å²) in [6.07, 6.45) is 4.37. The average Bonchev–Trinajstić information content (AvgIpc) is 2.16. The van der Waals surface area contributed by atoms with Crippen molar-refractivity contribution in [2.24, 2.45) is 0 Å². The summed E-state index contributed by atoms with van der Waals surface area (Å²) in [5, 5.41) is 13.0. The Labute approximate surface area is 86.5 Å². The molecule has 0 bridgehead atoms. The third-order valence-corrected chi connectivity index (χ3v) is 3.69. The molecule has 0 aromatic heterocycles. The van der Waals surface area contributed by atoms with E-state index in [0.29, 0.717) is 17.3 Å². The molecule has 2 N–H and O–H groups in total. The lowest BCUT2D eigenvalue weighted by Crippen LogP contribution is -2.43. The molecule has 13 heavy (non-hydrogen) atoms. The maximum atomic E-state index is 9.09. The number of aliphatic hydroxyl groups is 1. The van der Waals surface area contributed by atoms with Gasteiger partial charge in [-0.25, -0.2) is 0 Å². The number of rotatable bonds is 7. The van der Waals surface area contributed by atoms with E-state index in [9.17, 15) is 0 Å². The van der Waals surface area contributed by atoms with Crippen LogP contribution in [0.25, 0.3) is 0 Å². The molecule has 2 unspecified atom stereocenters. The number of hydrogen-bond donors (Lipinski definition) is 2. The molecule has 0 aliphatic heterocycles. The van der Waals surface area contributed by atoms with Crippen molar-refractivity contribution in [3.63, 3.8) is 0 Å². The first-order chi connectivity index (χ1) is 6.19. The maximum Gasteiger partial charge on any atom is 0.0564 e. The first-order valence-corrected chi connectivity index (χ1v) is 6.38. The Morgan fingerprint density at radius 1 is 1.31 bits per heavy atom. The third kappa shape index (κ3) is 4.89. The second kappa shape index (κ2) is 7.65. The molecular weight excluding hydrogens is 182 g/mol. The summed E-state index contributed by atoms with van der Waals surface area (Å²) in [5.41, 5.74) is 0. The first-order valence-electron chi connectivity index (χ1n) is 5.09. The second-order valence-electron chi connectivity index (χ2n) is 3.43. The molecule has 2 atom stereocenters. The zero-order valence-corrected chi connectivity index (χ0v) is 10.0. The van der Waals surface area contributed by atoms with Crippen LogP contribution in [0.2, 0.25) is 0 Å². The van der Waals surface area contributed by atoms with Crippen LogP contribution in [0.5, 0.6) is 0 Å². The van der Waals surface area contributed by atoms with Crippen molar-refractivity contribution in [1.29, 1.82) is 0 Å². The number of thioether (sulfide) groups is 1. The highest BCUT2D eigenvalue weighted by Crippen LogP contribution is 2.11. The van der Waals surface area contributed by atoms with Crippen molar-refractivity contribution >= 4 is 11.8 Å². The van der Waals surface area contributed by atoms with E-state index in [4.69, 9.17) is 5.11 Å². The average molecular weight is 205 g/mol. The molecule has 0 aromatic carbocycles. The summed E-state index contributed by atoms with van der Waals surface area (Å²) in [6.45, 7) is 6.80. The number of hydrogen-bond acceptors (Lipinski definition) is 3. The van der Waals surface area contributed by atoms with Crippen molar-refractivity contribution in [2.45, 2.75) is 50.9 Å². The molecule has 2 nitrogen and oxygen atoms in total. The topological polar surface area (TPSA) is 32.3 Å². The Bertz CT molecular complexity index is 113. The first kappa shape index (κ1) is 13.3. The quantitative estimate of drug-likeness (QED) is 0.665. The Kier molecular flexibility index (Phi) is 7.81. The normalized spacial score (nSPS) is 16.2. The van der Waals surface area contributed by atoms with Crippen LogP contribution in [0, 0.1) is 0 Å². The molecule has 0 fully saturated rings. The van der Waals surface area contributed by atoms with Gasteiger partial charge in [-0.1, -0.05) is 13.8 Å². The van der Waals surface area contributed by atoms with E-state index in [1.165, 1.54) is 0 Å². The van der Waals surface area contributed by atoms with Gasteiger partial charge in [0, 0.05) is 17.3 Å². The van der Waals surface area contributed by atoms with Crippen LogP contribution >= 0.6 is 11.8 Å². The molecule has 3 heteroatoms. The number of nitrogens with one attached hydrogen (secondary N) is 1. The van der Waals surface area contributed by atoms with Crippen LogP contribution in [-0.2, 0) is 0 Å². The standard InChI is InChI=1S/C10H23NOS/c1-5-9(6-2)11-8(3)10(7-12)13-4/h8-12H,5-7H2,1-4H3. The van der Waals surface area contributed by atoms with Gasteiger partial charge in [0.2, 0.25) is 0 Å². The van der Waals surface area contributed by atoms with Crippen LogP contribution < -0.4 is 5.32 Å². The van der Waals surface area contributed by atoms with Crippen LogP contribution in [0.15, 0.2) is 0 Å². The van der Waals surface area contributed by atoms with Crippen LogP contribution in [0.4, 0.5) is 0 Å². The van der Waals surface area contributed by atoms with E-state index in [2.05, 4.69) is 26.1 Å². The van der Waals surface area contributed by atoms with Gasteiger partial charge in [0.05, 0.1) is 6.61 Å². The molecule has 0 rings (SSSR count). The minimum absolute atomic E-state index is 0.259. The summed E-state index contributed by atoms with van der Waals surface area (Å²) in [7, 11) is 0. The van der Waals surface area contributed by atoms with E-state index >= 15 is 0 Å². The van der Waals surface area contributed by atoms with Gasteiger partial charge < -0.3 is 10.4 Å². The van der Waals surface area contributed by atoms with Gasteiger partial charge in [-0.3, -0.25) is 0 Å². The Morgan fingerprint density at radius 2 is 1.85 bits per heavy atom. The molecule has 0 spiro atoms. The molecule has 0 saturated heterocycles. The van der Waals surface area contributed by atoms with Gasteiger partial charge in [0.15, 0.2) is 0 Å². The lowest BCUT2D eigenvalue weighted by molar-refractivity contribution is 0.268. The summed E-state index contributed by atoms with van der Waals surface area (Å²) in [4.78, 5) is 0. The summed E-state index contributed by atoms with van der Waals surface area (Å²) >= 11 is 1.73. The molecule has 0 saturated carbocycles. The SMILES string of the molecule is CCC(CC)NC(C)C(CO)SC. The van der Waals surface area contributed by atoms with Crippen LogP contribution in [-0.4, -0.2) is 35.3 Å². The lowest BCUT2D eigenvalue weighted by atomic mass is 10.1. The van der Waals surface area contributed by atoms with Gasteiger partial charge in [0.1, 0.15) is 0 Å². The predicted molar refractivity (Wildman–Crippen MR) is 61.4 cm³/mol. The van der Waals surface area contributed by atoms with Crippen LogP contribution in [0.1, 0.15) is 33.6 Å². The van der Waals surface area contributed by atoms with Crippen molar-refractivity contribution < 1.29 is 5.11 Å². The van der Waals surface area contributed by atoms with E-state index < -0.39 is 0 Å². The fourth-order valence-electron chi connectivity index (χ4n) is 1.44. The third-order valence-electron chi connectivity index (χ3n) is 2.52. The molecule has 0 radical (unpaired) electrons. The Morgan fingerprint density at radius 3 is 2.15 bits per heavy atom. The molecule has 0 aliphatic rings. The highest BCUT2D eigenvalue weighted by molar-refractivity contribution is 7.99. The van der Waals surface area contributed by atoms with E-state index in [-0.39, 0.29) is 6.61 Å². The fourth-order valence-corrected chi connectivity index (χ4v) is 2.08. The lowest BCUT2D eigenvalue weighted by Gasteiger charge is -2.26. The van der Waals surface area contributed by atoms with Crippen molar-refractivity contribution in [3.8, 4) is 0 Å². The van der Waals surface area contributed by atoms with Crippen LogP contribution in [0.3, 0.4) is 0 Å². The molecule has 0 aromatic rings. The largest absolute Gasteiger partial charge is 0.395 e. The smallest absolute Gasteiger partial charge is 0.0564 e. The Hall–Kier alpha value is 0.270. The van der Waals surface area contributed by atoms with E-state index in [1.54, 1.807) is 11.8 Å². The molecular formula is C10H23NOS. The molecule has 80 valence electrons. The van der Waals surface area contributed by atoms with Gasteiger partial charge in [-0.2, -0.15) is 11.8 Å². The highest BCUT2D eigenvalue weighted by atomic mass is 32.2. The number of aliphatic hydroxyl groups excluding tert-OH is 1. The molecule has 0 heterocycles. The summed E-state index contributed by atoms with van der Waals surface area (Å²) in [6, 6.07) is 0.987. The molecule has 0 amide bonds. The Balaban J connectivity index is 3.87. The minimum Gasteiger partial charge on any atom is -0.395 e.